The van der Waals surface area contributed by atoms with Crippen molar-refractivity contribution in [2.24, 2.45) is 16.9 Å². The van der Waals surface area contributed by atoms with Crippen molar-refractivity contribution < 1.29 is 23.1 Å². The van der Waals surface area contributed by atoms with Gasteiger partial charge < -0.3 is 5.11 Å². The van der Waals surface area contributed by atoms with Gasteiger partial charge in [0.2, 0.25) is 0 Å². The van der Waals surface area contributed by atoms with E-state index in [1.165, 1.54) is 12.1 Å². The number of benzene rings is 1. The summed E-state index contributed by atoms with van der Waals surface area (Å²) in [7, 11) is 0. The van der Waals surface area contributed by atoms with Crippen molar-refractivity contribution in [2.75, 3.05) is 0 Å². The second-order valence-electron chi connectivity index (χ2n) is 6.23. The van der Waals surface area contributed by atoms with Crippen LogP contribution in [0.5, 0.6) is 0 Å². The number of fused-ring (bicyclic) bond motifs is 1. The lowest BCUT2D eigenvalue weighted by molar-refractivity contribution is -0.313. The fourth-order valence-electron chi connectivity index (χ4n) is 3.31. The summed E-state index contributed by atoms with van der Waals surface area (Å²) in [5.74, 6) is -2.10. The van der Waals surface area contributed by atoms with Crippen LogP contribution in [0.4, 0.5) is 13.2 Å². The largest absolute Gasteiger partial charge is 0.439 e. The first-order valence-corrected chi connectivity index (χ1v) is 7.51. The van der Waals surface area contributed by atoms with Gasteiger partial charge in [0.05, 0.1) is 5.92 Å². The molecule has 0 aromatic heterocycles. The zero-order valence-corrected chi connectivity index (χ0v) is 12.5. The molecule has 4 nitrogen and oxygen atoms in total. The quantitative estimate of drug-likeness (QED) is 0.862. The van der Waals surface area contributed by atoms with E-state index in [4.69, 9.17) is 0 Å². The number of halogens is 3. The molecule has 7 heteroatoms. The molecule has 0 radical (unpaired) electrons. The number of hydrogen-bond donors (Lipinski definition) is 1. The molecule has 1 N–H and O–H groups in total. The number of carbonyl (C=O) groups is 1. The number of rotatable bonds is 1. The van der Waals surface area contributed by atoms with Crippen LogP contribution >= 0.6 is 0 Å². The van der Waals surface area contributed by atoms with Gasteiger partial charge in [-0.15, -0.1) is 0 Å². The Morgan fingerprint density at radius 2 is 2.00 bits per heavy atom. The van der Waals surface area contributed by atoms with Gasteiger partial charge in [-0.3, -0.25) is 4.79 Å². The van der Waals surface area contributed by atoms with E-state index in [0.29, 0.717) is 12.8 Å². The third kappa shape index (κ3) is 2.43. The summed E-state index contributed by atoms with van der Waals surface area (Å²) in [6.45, 7) is 1.84. The van der Waals surface area contributed by atoms with Gasteiger partial charge in [-0.2, -0.15) is 23.3 Å². The van der Waals surface area contributed by atoms with Crippen LogP contribution in [0.15, 0.2) is 35.4 Å². The maximum Gasteiger partial charge on any atom is 0.439 e. The first kappa shape index (κ1) is 16.0. The van der Waals surface area contributed by atoms with Crippen LogP contribution < -0.4 is 0 Å². The summed E-state index contributed by atoms with van der Waals surface area (Å²) >= 11 is 0. The molecule has 1 heterocycles. The van der Waals surface area contributed by atoms with Crippen LogP contribution in [0.1, 0.15) is 36.5 Å². The summed E-state index contributed by atoms with van der Waals surface area (Å²) in [5, 5.41) is 14.6. The average molecular weight is 326 g/mol. The fraction of sp³-hybridized carbons (Fsp3) is 0.500. The molecule has 0 unspecified atom stereocenters. The van der Waals surface area contributed by atoms with Gasteiger partial charge in [0.25, 0.3) is 11.6 Å². The zero-order valence-electron chi connectivity index (χ0n) is 12.5. The maximum atomic E-state index is 13.7. The van der Waals surface area contributed by atoms with E-state index in [0.717, 1.165) is 0 Å². The van der Waals surface area contributed by atoms with Crippen molar-refractivity contribution in [3.63, 3.8) is 0 Å². The van der Waals surface area contributed by atoms with Crippen LogP contribution in [0.3, 0.4) is 0 Å². The second-order valence-corrected chi connectivity index (χ2v) is 6.23. The van der Waals surface area contributed by atoms with Gasteiger partial charge in [0.1, 0.15) is 0 Å². The number of aliphatic hydroxyl groups is 1. The molecule has 1 aliphatic heterocycles. The minimum Gasteiger partial charge on any atom is -0.362 e. The Balaban J connectivity index is 2.04. The maximum absolute atomic E-state index is 13.7. The van der Waals surface area contributed by atoms with Crippen molar-refractivity contribution in [3.8, 4) is 0 Å². The number of carbonyl (C=O) groups excluding carboxylic acids is 1. The Bertz CT molecular complexity index is 644. The number of amides is 1. The van der Waals surface area contributed by atoms with Crippen molar-refractivity contribution >= 4 is 11.6 Å². The molecule has 2 aliphatic rings. The summed E-state index contributed by atoms with van der Waals surface area (Å²) in [6, 6.07) is 7.58. The fourth-order valence-corrected chi connectivity index (χ4v) is 3.31. The average Bonchev–Trinajstić information content (AvgIpc) is 2.81. The predicted molar refractivity (Wildman–Crippen MR) is 77.6 cm³/mol. The van der Waals surface area contributed by atoms with Crippen LogP contribution in [0, 0.1) is 11.8 Å². The van der Waals surface area contributed by atoms with Crippen molar-refractivity contribution in [2.45, 2.75) is 38.1 Å². The van der Waals surface area contributed by atoms with Crippen molar-refractivity contribution in [3.05, 3.63) is 35.9 Å². The van der Waals surface area contributed by atoms with Gasteiger partial charge in [-0.05, 0) is 37.3 Å². The topological polar surface area (TPSA) is 52.9 Å². The highest BCUT2D eigenvalue weighted by atomic mass is 19.4. The number of hydrazone groups is 1. The first-order chi connectivity index (χ1) is 10.7. The molecule has 1 aromatic carbocycles. The predicted octanol–water partition coefficient (Wildman–Crippen LogP) is 3.19. The lowest BCUT2D eigenvalue weighted by Gasteiger charge is -2.39. The number of hydrogen-bond acceptors (Lipinski definition) is 3. The van der Waals surface area contributed by atoms with Crippen molar-refractivity contribution in [1.82, 2.24) is 5.01 Å². The molecular weight excluding hydrogens is 309 g/mol. The Hall–Kier alpha value is -1.89. The van der Waals surface area contributed by atoms with Gasteiger partial charge in [0.15, 0.2) is 0 Å². The van der Waals surface area contributed by atoms with E-state index in [-0.39, 0.29) is 28.6 Å². The molecule has 1 aliphatic carbocycles. The minimum absolute atomic E-state index is 0.0413. The molecule has 0 saturated heterocycles. The van der Waals surface area contributed by atoms with Gasteiger partial charge in [-0.25, -0.2) is 0 Å². The number of alkyl halides is 3. The molecule has 1 saturated carbocycles. The molecule has 0 bridgehead atoms. The van der Waals surface area contributed by atoms with Crippen LogP contribution in [0.25, 0.3) is 0 Å². The van der Waals surface area contributed by atoms with Crippen LogP contribution in [-0.4, -0.2) is 33.6 Å². The standard InChI is InChI=1S/C16H17F3N2O2/c1-10-7-8-13-12(9-10)15(23,16(17,18)19)21(20-13)14(22)11-5-3-2-4-6-11/h2-6,10,12,23H,7-9H2,1H3/t10-,12-,15-/m1/s1. The third-order valence-corrected chi connectivity index (χ3v) is 4.60. The zero-order chi connectivity index (χ0) is 16.8. The van der Waals surface area contributed by atoms with Crippen molar-refractivity contribution in [1.29, 1.82) is 0 Å². The summed E-state index contributed by atoms with van der Waals surface area (Å²) in [5.41, 5.74) is -2.96. The Morgan fingerprint density at radius 3 is 2.61 bits per heavy atom. The van der Waals surface area contributed by atoms with Gasteiger partial charge in [-0.1, -0.05) is 25.1 Å². The lowest BCUT2D eigenvalue weighted by atomic mass is 9.76. The first-order valence-electron chi connectivity index (χ1n) is 7.51. The highest BCUT2D eigenvalue weighted by molar-refractivity contribution is 5.99. The summed E-state index contributed by atoms with van der Waals surface area (Å²) in [4.78, 5) is 12.5. The Morgan fingerprint density at radius 1 is 1.35 bits per heavy atom. The second kappa shape index (κ2) is 5.33. The molecule has 23 heavy (non-hydrogen) atoms. The third-order valence-electron chi connectivity index (χ3n) is 4.60. The SMILES string of the molecule is C[C@@H]1CCC2=NN(C(=O)c3ccccc3)[C@](O)(C(F)(F)F)[C@@H]2C1. The highest BCUT2D eigenvalue weighted by Gasteiger charge is 2.68. The molecule has 3 atom stereocenters. The molecule has 1 aromatic rings. The molecule has 1 amide bonds. The van der Waals surface area contributed by atoms with E-state index in [9.17, 15) is 23.1 Å². The Labute approximate surface area is 131 Å². The minimum atomic E-state index is -4.98. The van der Waals surface area contributed by atoms with E-state index in [1.807, 2.05) is 6.92 Å². The summed E-state index contributed by atoms with van der Waals surface area (Å²) in [6.07, 6.45) is -3.75. The lowest BCUT2D eigenvalue weighted by Crippen LogP contribution is -2.61. The smallest absolute Gasteiger partial charge is 0.362 e. The van der Waals surface area contributed by atoms with Gasteiger partial charge >= 0.3 is 6.18 Å². The highest BCUT2D eigenvalue weighted by Crippen LogP contribution is 2.49. The normalized spacial score (nSPS) is 30.8. The monoisotopic (exact) mass is 326 g/mol. The van der Waals surface area contributed by atoms with E-state index in [1.54, 1.807) is 18.2 Å². The van der Waals surface area contributed by atoms with Crippen LogP contribution in [0.2, 0.25) is 0 Å². The van der Waals surface area contributed by atoms with E-state index < -0.39 is 23.7 Å². The molecular formula is C16H17F3N2O2. The van der Waals surface area contributed by atoms with Gasteiger partial charge in [0, 0.05) is 11.3 Å². The molecule has 0 spiro atoms. The molecule has 3 rings (SSSR count). The Kier molecular flexibility index (Phi) is 3.71. The summed E-state index contributed by atoms with van der Waals surface area (Å²) < 4.78 is 41.0. The van der Waals surface area contributed by atoms with Crippen LogP contribution in [-0.2, 0) is 0 Å². The molecule has 124 valence electrons. The van der Waals surface area contributed by atoms with E-state index in [2.05, 4.69) is 5.10 Å². The number of nitrogens with zero attached hydrogens (tertiary/aromatic N) is 2. The van der Waals surface area contributed by atoms with E-state index >= 15 is 0 Å². The molecule has 1 fully saturated rings.